The number of carbonyl (C=O) groups excluding carboxylic acids is 2. The van der Waals surface area contributed by atoms with Gasteiger partial charge in [0.2, 0.25) is 11.8 Å². The van der Waals surface area contributed by atoms with E-state index in [0.717, 1.165) is 10.5 Å². The first-order chi connectivity index (χ1) is 14.2. The number of halogens is 2. The van der Waals surface area contributed by atoms with Crippen molar-refractivity contribution in [2.45, 2.75) is 57.6 Å². The van der Waals surface area contributed by atoms with Gasteiger partial charge in [-0.2, -0.15) is 0 Å². The van der Waals surface area contributed by atoms with Crippen LogP contribution in [0.15, 0.2) is 47.4 Å². The minimum Gasteiger partial charge on any atom is -0.352 e. The third-order valence-corrected chi connectivity index (χ3v) is 6.14. The second-order valence-corrected chi connectivity index (χ2v) is 9.34. The van der Waals surface area contributed by atoms with Crippen LogP contribution >= 0.6 is 35.0 Å². The smallest absolute Gasteiger partial charge is 0.243 e. The fraction of sp³-hybridized carbons (Fsp3) is 0.391. The lowest BCUT2D eigenvalue weighted by molar-refractivity contribution is -0.139. The Hall–Kier alpha value is -1.69. The maximum Gasteiger partial charge on any atom is 0.243 e. The Morgan fingerprint density at radius 3 is 2.33 bits per heavy atom. The highest BCUT2D eigenvalue weighted by atomic mass is 35.5. The molecular formula is C23H28Cl2N2O2S. The van der Waals surface area contributed by atoms with Crippen molar-refractivity contribution in [3.8, 4) is 0 Å². The molecule has 7 heteroatoms. The lowest BCUT2D eigenvalue weighted by Gasteiger charge is -2.31. The molecule has 0 saturated carbocycles. The third kappa shape index (κ3) is 7.22. The molecule has 162 valence electrons. The molecule has 0 radical (unpaired) electrons. The number of carbonyl (C=O) groups is 2. The molecule has 0 aliphatic heterocycles. The van der Waals surface area contributed by atoms with Crippen molar-refractivity contribution in [3.63, 3.8) is 0 Å². The fourth-order valence-corrected chi connectivity index (χ4v) is 4.25. The molecule has 0 heterocycles. The van der Waals surface area contributed by atoms with Gasteiger partial charge in [-0.3, -0.25) is 9.59 Å². The lowest BCUT2D eigenvalue weighted by Crippen LogP contribution is -2.51. The topological polar surface area (TPSA) is 49.4 Å². The molecular weight excluding hydrogens is 439 g/mol. The van der Waals surface area contributed by atoms with Crippen molar-refractivity contribution < 1.29 is 9.59 Å². The Balaban J connectivity index is 2.24. The molecule has 0 bridgehead atoms. The number of aryl methyl sites for hydroxylation is 1. The Morgan fingerprint density at radius 2 is 1.77 bits per heavy atom. The van der Waals surface area contributed by atoms with Gasteiger partial charge in [0, 0.05) is 27.5 Å². The zero-order valence-electron chi connectivity index (χ0n) is 17.7. The molecule has 30 heavy (non-hydrogen) atoms. The van der Waals surface area contributed by atoms with Crippen LogP contribution < -0.4 is 5.32 Å². The molecule has 4 nitrogen and oxygen atoms in total. The number of thioether (sulfide) groups is 1. The summed E-state index contributed by atoms with van der Waals surface area (Å²) in [6.45, 7) is 7.98. The Kier molecular flexibility index (Phi) is 9.53. The largest absolute Gasteiger partial charge is 0.352 e. The van der Waals surface area contributed by atoms with E-state index < -0.39 is 6.04 Å². The maximum absolute atomic E-state index is 13.2. The summed E-state index contributed by atoms with van der Waals surface area (Å²) in [5.74, 6) is -0.0386. The van der Waals surface area contributed by atoms with E-state index >= 15 is 0 Å². The minimum atomic E-state index is -0.578. The summed E-state index contributed by atoms with van der Waals surface area (Å²) in [6, 6.07) is 12.6. The van der Waals surface area contributed by atoms with E-state index in [9.17, 15) is 9.59 Å². The van der Waals surface area contributed by atoms with Gasteiger partial charge in [0.1, 0.15) is 6.04 Å². The monoisotopic (exact) mass is 466 g/mol. The van der Waals surface area contributed by atoms with Gasteiger partial charge in [-0.15, -0.1) is 11.8 Å². The van der Waals surface area contributed by atoms with E-state index in [0.29, 0.717) is 16.5 Å². The molecule has 0 aliphatic carbocycles. The molecule has 0 aromatic heterocycles. The number of hydrogen-bond donors (Lipinski definition) is 1. The van der Waals surface area contributed by atoms with Gasteiger partial charge in [0.05, 0.1) is 5.75 Å². The van der Waals surface area contributed by atoms with Crippen LogP contribution in [0.5, 0.6) is 0 Å². The van der Waals surface area contributed by atoms with Crippen LogP contribution in [0.2, 0.25) is 10.0 Å². The van der Waals surface area contributed by atoms with Crippen LogP contribution in [0.1, 0.15) is 38.3 Å². The molecule has 2 rings (SSSR count). The SMILES string of the molecule is CC[C@@H](C(=O)NC(C)C)N(Cc1ccc(Cl)cc1Cl)C(=O)CSc1ccc(C)cc1. The summed E-state index contributed by atoms with van der Waals surface area (Å²) in [5.41, 5.74) is 1.92. The Labute approximate surface area is 193 Å². The number of nitrogens with one attached hydrogen (secondary N) is 1. The molecule has 2 aromatic rings. The predicted molar refractivity (Wildman–Crippen MR) is 126 cm³/mol. The minimum absolute atomic E-state index is 0.00967. The fourth-order valence-electron chi connectivity index (χ4n) is 3.00. The van der Waals surface area contributed by atoms with Gasteiger partial charge in [-0.05, 0) is 57.0 Å². The average molecular weight is 467 g/mol. The van der Waals surface area contributed by atoms with Crippen LogP contribution in [0.3, 0.4) is 0 Å². The van der Waals surface area contributed by atoms with Crippen LogP contribution in [-0.4, -0.2) is 34.6 Å². The van der Waals surface area contributed by atoms with Crippen molar-refractivity contribution in [1.29, 1.82) is 0 Å². The van der Waals surface area contributed by atoms with Gasteiger partial charge in [0.25, 0.3) is 0 Å². The van der Waals surface area contributed by atoms with Crippen LogP contribution in [0.4, 0.5) is 0 Å². The van der Waals surface area contributed by atoms with Gasteiger partial charge >= 0.3 is 0 Å². The van der Waals surface area contributed by atoms with E-state index in [1.54, 1.807) is 23.1 Å². The van der Waals surface area contributed by atoms with Crippen molar-refractivity contribution in [2.75, 3.05) is 5.75 Å². The normalized spacial score (nSPS) is 12.0. The van der Waals surface area contributed by atoms with Crippen molar-refractivity contribution in [2.24, 2.45) is 0 Å². The Bertz CT molecular complexity index is 872. The highest BCUT2D eigenvalue weighted by molar-refractivity contribution is 8.00. The van der Waals surface area contributed by atoms with Crippen molar-refractivity contribution in [3.05, 3.63) is 63.6 Å². The molecule has 0 saturated heterocycles. The molecule has 2 aromatic carbocycles. The summed E-state index contributed by atoms with van der Waals surface area (Å²) in [4.78, 5) is 28.6. The third-order valence-electron chi connectivity index (χ3n) is 4.56. The van der Waals surface area contributed by atoms with Gasteiger partial charge in [-0.1, -0.05) is 53.9 Å². The highest BCUT2D eigenvalue weighted by Gasteiger charge is 2.29. The molecule has 2 amide bonds. The second-order valence-electron chi connectivity index (χ2n) is 7.45. The zero-order chi connectivity index (χ0) is 22.3. The Morgan fingerprint density at radius 1 is 1.10 bits per heavy atom. The quantitative estimate of drug-likeness (QED) is 0.480. The van der Waals surface area contributed by atoms with E-state index in [1.807, 2.05) is 52.0 Å². The van der Waals surface area contributed by atoms with Crippen LogP contribution in [0, 0.1) is 6.92 Å². The summed E-state index contributed by atoms with van der Waals surface area (Å²) in [7, 11) is 0. The highest BCUT2D eigenvalue weighted by Crippen LogP contribution is 2.25. The lowest BCUT2D eigenvalue weighted by atomic mass is 10.1. The van der Waals surface area contributed by atoms with Crippen LogP contribution in [0.25, 0.3) is 0 Å². The number of nitrogens with zero attached hydrogens (tertiary/aromatic N) is 1. The number of hydrogen-bond acceptors (Lipinski definition) is 3. The first-order valence-corrected chi connectivity index (χ1v) is 11.7. The van der Waals surface area contributed by atoms with E-state index in [1.165, 1.54) is 17.3 Å². The number of amides is 2. The molecule has 0 spiro atoms. The summed E-state index contributed by atoms with van der Waals surface area (Å²) in [6.07, 6.45) is 0.505. The molecule has 1 atom stereocenters. The zero-order valence-corrected chi connectivity index (χ0v) is 20.1. The van der Waals surface area contributed by atoms with Gasteiger partial charge in [-0.25, -0.2) is 0 Å². The second kappa shape index (κ2) is 11.6. The summed E-state index contributed by atoms with van der Waals surface area (Å²) in [5, 5.41) is 3.93. The first kappa shape index (κ1) is 24.6. The number of benzene rings is 2. The van der Waals surface area contributed by atoms with E-state index in [-0.39, 0.29) is 30.2 Å². The molecule has 0 aliphatic rings. The van der Waals surface area contributed by atoms with Gasteiger partial charge in [0.15, 0.2) is 0 Å². The molecule has 0 unspecified atom stereocenters. The van der Waals surface area contributed by atoms with Crippen molar-refractivity contribution >= 4 is 46.8 Å². The standard InChI is InChI=1S/C23H28Cl2N2O2S/c1-5-21(23(29)26-15(2)3)27(13-17-8-9-18(24)12-20(17)25)22(28)14-30-19-10-6-16(4)7-11-19/h6-12,15,21H,5,13-14H2,1-4H3,(H,26,29)/t21-/m0/s1. The van der Waals surface area contributed by atoms with Crippen LogP contribution in [-0.2, 0) is 16.1 Å². The molecule has 1 N–H and O–H groups in total. The van der Waals surface area contributed by atoms with E-state index in [2.05, 4.69) is 5.32 Å². The number of rotatable bonds is 9. The summed E-state index contributed by atoms with van der Waals surface area (Å²) >= 11 is 13.8. The average Bonchev–Trinajstić information content (AvgIpc) is 2.68. The van der Waals surface area contributed by atoms with Crippen molar-refractivity contribution in [1.82, 2.24) is 10.2 Å². The van der Waals surface area contributed by atoms with E-state index in [4.69, 9.17) is 23.2 Å². The first-order valence-electron chi connectivity index (χ1n) is 9.94. The molecule has 0 fully saturated rings. The summed E-state index contributed by atoms with van der Waals surface area (Å²) < 4.78 is 0. The predicted octanol–water partition coefficient (Wildman–Crippen LogP) is 5.73. The van der Waals surface area contributed by atoms with Gasteiger partial charge < -0.3 is 10.2 Å². The maximum atomic E-state index is 13.2.